The fraction of sp³-hybridized carbons (Fsp3) is 0.833. The van der Waals surface area contributed by atoms with Crippen molar-refractivity contribution >= 4 is 5.84 Å². The Hall–Kier alpha value is -0.940. The Bertz CT molecular complexity index is 219. The van der Waals surface area contributed by atoms with Gasteiger partial charge in [-0.1, -0.05) is 0 Å². The summed E-state index contributed by atoms with van der Waals surface area (Å²) in [6.45, 7) is 0.403. The smallest absolute Gasteiger partial charge is 0.398 e. The monoisotopic (exact) mass is 182 g/mol. The number of nitrogens with zero attached hydrogens (tertiary/aromatic N) is 1. The van der Waals surface area contributed by atoms with E-state index < -0.39 is 24.6 Å². The zero-order chi connectivity index (χ0) is 9.57. The highest BCUT2D eigenvalue weighted by Crippen LogP contribution is 2.43. The maximum Gasteiger partial charge on any atom is 0.398 e. The van der Waals surface area contributed by atoms with Gasteiger partial charge in [0.25, 0.3) is 0 Å². The molecule has 0 radical (unpaired) electrons. The Labute approximate surface area is 67.2 Å². The minimum absolute atomic E-state index is 0.202. The molecule has 1 atom stereocenters. The molecule has 0 saturated carbocycles. The Kier molecular flexibility index (Phi) is 1.73. The van der Waals surface area contributed by atoms with E-state index in [1.807, 2.05) is 0 Å². The summed E-state index contributed by atoms with van der Waals surface area (Å²) in [5.41, 5.74) is 3.11. The third kappa shape index (κ3) is 1.21. The first-order valence-corrected chi connectivity index (χ1v) is 3.39. The van der Waals surface area contributed by atoms with Gasteiger partial charge in [0.15, 0.2) is 0 Å². The third-order valence-corrected chi connectivity index (χ3v) is 2.07. The van der Waals surface area contributed by atoms with Crippen molar-refractivity contribution in [1.82, 2.24) is 0 Å². The maximum absolute atomic E-state index is 12.3. The molecule has 0 fully saturated rings. The molecule has 0 aromatic carbocycles. The predicted molar refractivity (Wildman–Crippen MR) is 36.5 cm³/mol. The Morgan fingerprint density at radius 1 is 1.58 bits per heavy atom. The minimum Gasteiger partial charge on any atom is -0.715 e. The predicted octanol–water partition coefficient (Wildman–Crippen LogP) is 0.826. The summed E-state index contributed by atoms with van der Waals surface area (Å²) in [4.78, 5) is 0. The highest BCUT2D eigenvalue weighted by atomic mass is 19.4. The van der Waals surface area contributed by atoms with Gasteiger partial charge in [-0.2, -0.15) is 13.2 Å². The van der Waals surface area contributed by atoms with Crippen molar-refractivity contribution in [3.63, 3.8) is 0 Å². The molecule has 1 aliphatic heterocycles. The standard InChI is InChI=1S/C6H9F3N2O/c1-5(6(7,8)9)2-4(10)11(12)3-5/h2-3,10H2,1H3. The average Bonchev–Trinajstić information content (AvgIpc) is 2.06. The van der Waals surface area contributed by atoms with Crippen LogP contribution >= 0.6 is 0 Å². The average molecular weight is 182 g/mol. The molecule has 1 unspecified atom stereocenters. The molecule has 2 N–H and O–H groups in total. The van der Waals surface area contributed by atoms with Crippen LogP contribution in [-0.4, -0.2) is 23.3 Å². The largest absolute Gasteiger partial charge is 0.715 e. The number of halogens is 3. The van der Waals surface area contributed by atoms with Crippen LogP contribution in [-0.2, 0) is 0 Å². The molecule has 0 bridgehead atoms. The lowest BCUT2D eigenvalue weighted by molar-refractivity contribution is -0.473. The summed E-state index contributed by atoms with van der Waals surface area (Å²) >= 11 is 0. The fourth-order valence-corrected chi connectivity index (χ4v) is 1.15. The van der Waals surface area contributed by atoms with Gasteiger partial charge in [0.05, 0.1) is 6.42 Å². The molecule has 0 aliphatic carbocycles. The quantitative estimate of drug-likeness (QED) is 0.445. The van der Waals surface area contributed by atoms with E-state index in [2.05, 4.69) is 0 Å². The van der Waals surface area contributed by atoms with E-state index in [4.69, 9.17) is 5.73 Å². The summed E-state index contributed by atoms with van der Waals surface area (Å²) in [6, 6.07) is 0. The van der Waals surface area contributed by atoms with Gasteiger partial charge in [0.2, 0.25) is 5.84 Å². The molecular formula is C6H9F3N2O. The number of amidine groups is 1. The van der Waals surface area contributed by atoms with Crippen molar-refractivity contribution in [2.24, 2.45) is 11.1 Å². The summed E-state index contributed by atoms with van der Waals surface area (Å²) < 4.78 is 37.0. The van der Waals surface area contributed by atoms with Crippen molar-refractivity contribution in [3.8, 4) is 0 Å². The van der Waals surface area contributed by atoms with E-state index in [0.29, 0.717) is 0 Å². The lowest BCUT2D eigenvalue weighted by Crippen LogP contribution is -2.37. The number of hydroxylamine groups is 1. The molecule has 1 heterocycles. The van der Waals surface area contributed by atoms with Gasteiger partial charge in [-0.25, -0.2) is 0 Å². The SMILES string of the molecule is CC1(C(F)(F)F)CC(N)=[N+]([O-])C1. The van der Waals surface area contributed by atoms with Crippen molar-refractivity contribution in [1.29, 1.82) is 0 Å². The van der Waals surface area contributed by atoms with Crippen LogP contribution < -0.4 is 5.73 Å². The van der Waals surface area contributed by atoms with Gasteiger partial charge in [0, 0.05) is 0 Å². The number of hydrogen-bond acceptors (Lipinski definition) is 2. The normalized spacial score (nSPS) is 31.3. The molecule has 1 aliphatic rings. The Balaban J connectivity index is 2.84. The van der Waals surface area contributed by atoms with Crippen molar-refractivity contribution in [2.75, 3.05) is 6.54 Å². The van der Waals surface area contributed by atoms with Crippen molar-refractivity contribution in [2.45, 2.75) is 19.5 Å². The second kappa shape index (κ2) is 2.27. The topological polar surface area (TPSA) is 52.1 Å². The summed E-state index contributed by atoms with van der Waals surface area (Å²) in [5, 5.41) is 10.7. The fourth-order valence-electron chi connectivity index (χ4n) is 1.15. The van der Waals surface area contributed by atoms with Crippen LogP contribution in [0.3, 0.4) is 0 Å². The van der Waals surface area contributed by atoms with Crippen LogP contribution in [0.25, 0.3) is 0 Å². The molecular weight excluding hydrogens is 173 g/mol. The first-order chi connectivity index (χ1) is 5.26. The third-order valence-electron chi connectivity index (χ3n) is 2.07. The van der Waals surface area contributed by atoms with Crippen molar-refractivity contribution in [3.05, 3.63) is 5.21 Å². The van der Waals surface area contributed by atoms with Gasteiger partial charge in [-0.3, -0.25) is 10.5 Å². The number of alkyl halides is 3. The molecule has 6 heteroatoms. The molecule has 0 saturated heterocycles. The van der Waals surface area contributed by atoms with Crippen LogP contribution in [0.15, 0.2) is 0 Å². The molecule has 3 nitrogen and oxygen atoms in total. The zero-order valence-corrected chi connectivity index (χ0v) is 6.48. The molecule has 0 aromatic rings. The number of hydrogen-bond donors (Lipinski definition) is 1. The van der Waals surface area contributed by atoms with Crippen LogP contribution in [0.4, 0.5) is 13.2 Å². The van der Waals surface area contributed by atoms with Crippen molar-refractivity contribution < 1.29 is 17.9 Å². The Morgan fingerprint density at radius 3 is 2.25 bits per heavy atom. The van der Waals surface area contributed by atoms with Crippen LogP contribution in [0, 0.1) is 10.6 Å². The molecule has 0 amide bonds. The second-order valence-corrected chi connectivity index (χ2v) is 3.26. The van der Waals surface area contributed by atoms with E-state index in [9.17, 15) is 18.4 Å². The lowest BCUT2D eigenvalue weighted by Gasteiger charge is -2.24. The molecule has 12 heavy (non-hydrogen) atoms. The first-order valence-electron chi connectivity index (χ1n) is 3.39. The van der Waals surface area contributed by atoms with Gasteiger partial charge in [0.1, 0.15) is 12.0 Å². The Morgan fingerprint density at radius 2 is 2.08 bits per heavy atom. The number of rotatable bonds is 0. The maximum atomic E-state index is 12.3. The first kappa shape index (κ1) is 9.15. The van der Waals surface area contributed by atoms with Gasteiger partial charge in [-0.05, 0) is 6.92 Å². The van der Waals surface area contributed by atoms with Crippen LogP contribution in [0.5, 0.6) is 0 Å². The highest BCUT2D eigenvalue weighted by Gasteiger charge is 2.56. The summed E-state index contributed by atoms with van der Waals surface area (Å²) in [5.74, 6) is -0.241. The molecule has 70 valence electrons. The van der Waals surface area contributed by atoms with Gasteiger partial charge in [-0.15, -0.1) is 0 Å². The van der Waals surface area contributed by atoms with Crippen LogP contribution in [0.2, 0.25) is 0 Å². The van der Waals surface area contributed by atoms with Gasteiger partial charge >= 0.3 is 6.18 Å². The zero-order valence-electron chi connectivity index (χ0n) is 6.48. The van der Waals surface area contributed by atoms with E-state index >= 15 is 0 Å². The second-order valence-electron chi connectivity index (χ2n) is 3.26. The minimum atomic E-state index is -4.36. The molecule has 1 rings (SSSR count). The van der Waals surface area contributed by atoms with E-state index in [0.717, 1.165) is 6.92 Å². The van der Waals surface area contributed by atoms with E-state index in [1.54, 1.807) is 0 Å². The van der Waals surface area contributed by atoms with Gasteiger partial charge < -0.3 is 5.21 Å². The summed E-state index contributed by atoms with van der Waals surface area (Å²) in [7, 11) is 0. The molecule has 0 aromatic heterocycles. The molecule has 0 spiro atoms. The van der Waals surface area contributed by atoms with E-state index in [1.165, 1.54) is 0 Å². The number of nitrogens with two attached hydrogens (primary N) is 1. The van der Waals surface area contributed by atoms with E-state index in [-0.39, 0.29) is 10.6 Å². The van der Waals surface area contributed by atoms with Crippen LogP contribution in [0.1, 0.15) is 13.3 Å². The lowest BCUT2D eigenvalue weighted by atomic mass is 9.88. The highest BCUT2D eigenvalue weighted by molar-refractivity contribution is 5.77. The summed E-state index contributed by atoms with van der Waals surface area (Å²) in [6.07, 6.45) is -4.77.